The summed E-state index contributed by atoms with van der Waals surface area (Å²) in [5.74, 6) is -0.865. The third-order valence-corrected chi connectivity index (χ3v) is 3.24. The first-order valence-electron chi connectivity index (χ1n) is 6.37. The predicted octanol–water partition coefficient (Wildman–Crippen LogP) is 2.73. The van der Waals surface area contributed by atoms with Gasteiger partial charge >= 0.3 is 12.0 Å². The average molecular weight is 299 g/mol. The minimum absolute atomic E-state index is 0.0374. The quantitative estimate of drug-likeness (QED) is 0.848. The molecular weight excluding hydrogens is 280 g/mol. The number of aliphatic carboxylic acids is 1. The molecule has 1 aromatic rings. The van der Waals surface area contributed by atoms with Crippen LogP contribution < -0.4 is 5.32 Å². The molecule has 0 saturated heterocycles. The van der Waals surface area contributed by atoms with E-state index in [1.807, 2.05) is 18.2 Å². The van der Waals surface area contributed by atoms with E-state index in [1.54, 1.807) is 20.0 Å². The summed E-state index contributed by atoms with van der Waals surface area (Å²) in [6.45, 7) is 2.18. The van der Waals surface area contributed by atoms with Crippen LogP contribution in [0.25, 0.3) is 0 Å². The molecule has 2 amide bonds. The molecule has 0 aliphatic heterocycles. The molecule has 0 bridgehead atoms. The van der Waals surface area contributed by atoms with Gasteiger partial charge in [0.25, 0.3) is 0 Å². The average Bonchev–Trinajstić information content (AvgIpc) is 2.39. The maximum Gasteiger partial charge on any atom is 0.317 e. The maximum absolute atomic E-state index is 11.9. The van der Waals surface area contributed by atoms with Gasteiger partial charge in [-0.2, -0.15) is 0 Å². The molecule has 1 aromatic carbocycles. The number of urea groups is 1. The molecule has 20 heavy (non-hydrogen) atoms. The zero-order valence-corrected chi connectivity index (χ0v) is 12.4. The lowest BCUT2D eigenvalue weighted by molar-refractivity contribution is -0.137. The Hall–Kier alpha value is -1.75. The summed E-state index contributed by atoms with van der Waals surface area (Å²) in [5.41, 5.74) is 0.866. The van der Waals surface area contributed by atoms with Crippen molar-refractivity contribution in [3.8, 4) is 0 Å². The lowest BCUT2D eigenvalue weighted by Crippen LogP contribution is -2.41. The summed E-state index contributed by atoms with van der Waals surface area (Å²) in [5, 5.41) is 12.0. The van der Waals surface area contributed by atoms with Crippen molar-refractivity contribution in [3.05, 3.63) is 34.9 Å². The van der Waals surface area contributed by atoms with Gasteiger partial charge in [-0.05, 0) is 25.0 Å². The Labute approximate surface area is 123 Å². The fraction of sp³-hybridized carbons (Fsp3) is 0.429. The highest BCUT2D eigenvalue weighted by molar-refractivity contribution is 6.31. The Morgan fingerprint density at radius 3 is 2.65 bits per heavy atom. The van der Waals surface area contributed by atoms with E-state index in [2.05, 4.69) is 5.32 Å². The van der Waals surface area contributed by atoms with Crippen molar-refractivity contribution in [3.63, 3.8) is 0 Å². The molecule has 0 heterocycles. The monoisotopic (exact) mass is 298 g/mol. The third-order valence-electron chi connectivity index (χ3n) is 2.87. The summed E-state index contributed by atoms with van der Waals surface area (Å²) >= 11 is 6.04. The van der Waals surface area contributed by atoms with E-state index in [9.17, 15) is 9.59 Å². The van der Waals surface area contributed by atoms with Gasteiger partial charge in [0.15, 0.2) is 0 Å². The molecule has 1 rings (SSSR count). The number of carbonyl (C=O) groups excluding carboxylic acids is 1. The number of amides is 2. The van der Waals surface area contributed by atoms with E-state index in [1.165, 1.54) is 4.90 Å². The van der Waals surface area contributed by atoms with Crippen molar-refractivity contribution in [2.24, 2.45) is 0 Å². The zero-order valence-electron chi connectivity index (χ0n) is 11.6. The van der Waals surface area contributed by atoms with Gasteiger partial charge < -0.3 is 15.3 Å². The summed E-state index contributed by atoms with van der Waals surface area (Å²) in [4.78, 5) is 23.9. The second-order valence-corrected chi connectivity index (χ2v) is 5.14. The number of hydrogen-bond donors (Lipinski definition) is 2. The van der Waals surface area contributed by atoms with Crippen molar-refractivity contribution in [2.75, 3.05) is 7.05 Å². The first kappa shape index (κ1) is 16.3. The van der Waals surface area contributed by atoms with Crippen molar-refractivity contribution >= 4 is 23.6 Å². The van der Waals surface area contributed by atoms with Gasteiger partial charge in [-0.3, -0.25) is 4.79 Å². The number of benzene rings is 1. The molecule has 1 unspecified atom stereocenters. The summed E-state index contributed by atoms with van der Waals surface area (Å²) in [6, 6.07) is 6.90. The van der Waals surface area contributed by atoms with Crippen LogP contribution in [-0.2, 0) is 11.3 Å². The Kier molecular flexibility index (Phi) is 6.31. The number of nitrogens with zero attached hydrogens (tertiary/aromatic N) is 1. The van der Waals surface area contributed by atoms with Crippen LogP contribution in [0, 0.1) is 0 Å². The molecule has 110 valence electrons. The lowest BCUT2D eigenvalue weighted by Gasteiger charge is -2.21. The van der Waals surface area contributed by atoms with Crippen LogP contribution in [-0.4, -0.2) is 35.1 Å². The second-order valence-electron chi connectivity index (χ2n) is 4.73. The van der Waals surface area contributed by atoms with Crippen LogP contribution in [0.15, 0.2) is 24.3 Å². The van der Waals surface area contributed by atoms with Gasteiger partial charge in [-0.25, -0.2) is 4.79 Å². The summed E-state index contributed by atoms with van der Waals surface area (Å²) < 4.78 is 0. The predicted molar refractivity (Wildman–Crippen MR) is 77.8 cm³/mol. The van der Waals surface area contributed by atoms with Gasteiger partial charge in [-0.15, -0.1) is 0 Å². The van der Waals surface area contributed by atoms with Crippen LogP contribution in [0.2, 0.25) is 5.02 Å². The number of carbonyl (C=O) groups is 2. The molecule has 6 heteroatoms. The summed E-state index contributed by atoms with van der Waals surface area (Å²) in [6.07, 6.45) is 0.441. The SMILES string of the molecule is CC(CCC(=O)O)NC(=O)N(C)Cc1ccccc1Cl. The molecule has 0 aliphatic rings. The lowest BCUT2D eigenvalue weighted by atomic mass is 10.2. The number of halogens is 1. The molecule has 2 N–H and O–H groups in total. The fourth-order valence-electron chi connectivity index (χ4n) is 1.69. The molecular formula is C14H19ClN2O3. The first-order valence-corrected chi connectivity index (χ1v) is 6.74. The van der Waals surface area contributed by atoms with Crippen molar-refractivity contribution in [2.45, 2.75) is 32.4 Å². The highest BCUT2D eigenvalue weighted by Gasteiger charge is 2.14. The molecule has 0 aromatic heterocycles. The third kappa shape index (κ3) is 5.48. The Bertz CT molecular complexity index is 479. The van der Waals surface area contributed by atoms with Crippen molar-refractivity contribution in [1.29, 1.82) is 0 Å². The number of rotatable bonds is 6. The largest absolute Gasteiger partial charge is 0.481 e. The van der Waals surface area contributed by atoms with Gasteiger partial charge in [0.2, 0.25) is 0 Å². The number of carboxylic acids is 1. The molecule has 5 nitrogen and oxygen atoms in total. The topological polar surface area (TPSA) is 69.6 Å². The molecule has 0 saturated carbocycles. The number of hydrogen-bond acceptors (Lipinski definition) is 2. The van der Waals surface area contributed by atoms with E-state index < -0.39 is 5.97 Å². The van der Waals surface area contributed by atoms with E-state index in [-0.39, 0.29) is 18.5 Å². The molecule has 0 aliphatic carbocycles. The van der Waals surface area contributed by atoms with E-state index >= 15 is 0 Å². The molecule has 0 spiro atoms. The number of nitrogens with one attached hydrogen (secondary N) is 1. The van der Waals surface area contributed by atoms with E-state index in [4.69, 9.17) is 16.7 Å². The van der Waals surface area contributed by atoms with Crippen LogP contribution in [0.3, 0.4) is 0 Å². The standard InChI is InChI=1S/C14H19ClN2O3/c1-10(7-8-13(18)19)16-14(20)17(2)9-11-5-3-4-6-12(11)15/h3-6,10H,7-9H2,1-2H3,(H,16,20)(H,18,19). The first-order chi connectivity index (χ1) is 9.40. The normalized spacial score (nSPS) is 11.8. The van der Waals surface area contributed by atoms with Gasteiger partial charge in [0.05, 0.1) is 0 Å². The van der Waals surface area contributed by atoms with Crippen LogP contribution in [0.1, 0.15) is 25.3 Å². The van der Waals surface area contributed by atoms with Crippen LogP contribution >= 0.6 is 11.6 Å². The van der Waals surface area contributed by atoms with Crippen LogP contribution in [0.4, 0.5) is 4.79 Å². The van der Waals surface area contributed by atoms with Gasteiger partial charge in [0.1, 0.15) is 0 Å². The highest BCUT2D eigenvalue weighted by atomic mass is 35.5. The highest BCUT2D eigenvalue weighted by Crippen LogP contribution is 2.16. The second kappa shape index (κ2) is 7.75. The zero-order chi connectivity index (χ0) is 15.1. The maximum atomic E-state index is 11.9. The molecule has 0 fully saturated rings. The minimum atomic E-state index is -0.865. The number of carboxylic acid groups (broad SMARTS) is 1. The Morgan fingerprint density at radius 2 is 2.05 bits per heavy atom. The van der Waals surface area contributed by atoms with E-state index in [0.717, 1.165) is 5.56 Å². The molecule has 1 atom stereocenters. The minimum Gasteiger partial charge on any atom is -0.481 e. The van der Waals surface area contributed by atoms with Gasteiger partial charge in [-0.1, -0.05) is 29.8 Å². The molecule has 0 radical (unpaired) electrons. The van der Waals surface area contributed by atoms with Crippen molar-refractivity contribution in [1.82, 2.24) is 10.2 Å². The van der Waals surface area contributed by atoms with Crippen molar-refractivity contribution < 1.29 is 14.7 Å². The Morgan fingerprint density at radius 1 is 1.40 bits per heavy atom. The summed E-state index contributed by atoms with van der Waals surface area (Å²) in [7, 11) is 1.67. The fourth-order valence-corrected chi connectivity index (χ4v) is 1.88. The van der Waals surface area contributed by atoms with E-state index in [0.29, 0.717) is 18.0 Å². The smallest absolute Gasteiger partial charge is 0.317 e. The van der Waals surface area contributed by atoms with Gasteiger partial charge in [0, 0.05) is 31.1 Å². The Balaban J connectivity index is 2.47. The van der Waals surface area contributed by atoms with Crippen LogP contribution in [0.5, 0.6) is 0 Å².